The fourth-order valence-electron chi connectivity index (χ4n) is 1.69. The van der Waals surface area contributed by atoms with Crippen molar-refractivity contribution in [3.8, 4) is 0 Å². The van der Waals surface area contributed by atoms with Crippen LogP contribution in [0.25, 0.3) is 0 Å². The highest BCUT2D eigenvalue weighted by Gasteiger charge is 2.02. The molecule has 14 heavy (non-hydrogen) atoms. The molecule has 1 rings (SSSR count). The maximum Gasteiger partial charge on any atom is 0.0990 e. The summed E-state index contributed by atoms with van der Waals surface area (Å²) in [6.45, 7) is 3.54. The van der Waals surface area contributed by atoms with E-state index in [1.807, 2.05) is 0 Å². The molecule has 0 bridgehead atoms. The Kier molecular flexibility index (Phi) is 8.54. The quantitative estimate of drug-likeness (QED) is 0.516. The third-order valence-electron chi connectivity index (χ3n) is 2.55. The number of hydrogen-bond acceptors (Lipinski definition) is 0. The standard InChI is InChI=1S/C12H21N.FH/c1-2-3-4-5-6-7-10-13-11-8-9-12-13;/h8-9,11-12H,2-7,10H2,1H3;1H. The van der Waals surface area contributed by atoms with Gasteiger partial charge in [-0.2, -0.15) is 0 Å². The zero-order valence-corrected chi connectivity index (χ0v) is 9.14. The second-order valence-electron chi connectivity index (χ2n) is 3.81. The van der Waals surface area contributed by atoms with Crippen LogP contribution in [-0.2, 0) is 0 Å². The van der Waals surface area contributed by atoms with E-state index in [-0.39, 0.29) is 4.70 Å². The first kappa shape index (κ1) is 13.4. The van der Waals surface area contributed by atoms with Gasteiger partial charge in [0.2, 0.25) is 0 Å². The Bertz CT molecular complexity index is 163. The molecule has 2 heteroatoms. The second kappa shape index (κ2) is 8.95. The molecule has 1 aliphatic rings. The smallest absolute Gasteiger partial charge is 0.0990 e. The summed E-state index contributed by atoms with van der Waals surface area (Å²) in [5.74, 6) is 0. The molecule has 0 aromatic heterocycles. The van der Waals surface area contributed by atoms with Crippen LogP contribution >= 0.6 is 0 Å². The van der Waals surface area contributed by atoms with Gasteiger partial charge in [0.25, 0.3) is 0 Å². The van der Waals surface area contributed by atoms with Gasteiger partial charge in [-0.15, -0.1) is 0 Å². The van der Waals surface area contributed by atoms with E-state index < -0.39 is 0 Å². The number of quaternary nitrogens is 1. The van der Waals surface area contributed by atoms with Crippen LogP contribution in [0, 0.1) is 0 Å². The van der Waals surface area contributed by atoms with Gasteiger partial charge in [-0.05, 0) is 25.0 Å². The lowest BCUT2D eigenvalue weighted by molar-refractivity contribution is -0.787. The summed E-state index contributed by atoms with van der Waals surface area (Å²) in [6.07, 6.45) is 17.1. The van der Waals surface area contributed by atoms with E-state index >= 15 is 0 Å². The zero-order valence-electron chi connectivity index (χ0n) is 9.14. The van der Waals surface area contributed by atoms with E-state index in [0.717, 1.165) is 0 Å². The zero-order chi connectivity index (χ0) is 9.36. The predicted molar refractivity (Wildman–Crippen MR) is 57.5 cm³/mol. The molecule has 0 atom stereocenters. The van der Waals surface area contributed by atoms with Gasteiger partial charge in [0.05, 0.1) is 18.9 Å². The van der Waals surface area contributed by atoms with Crippen LogP contribution in [0.2, 0.25) is 0 Å². The Morgan fingerprint density at radius 3 is 2.07 bits per heavy atom. The molecule has 0 aliphatic carbocycles. The minimum absolute atomic E-state index is 0. The first-order chi connectivity index (χ1) is 6.43. The van der Waals surface area contributed by atoms with Crippen molar-refractivity contribution >= 4 is 0 Å². The molecular weight excluding hydrogens is 177 g/mol. The fraction of sp³-hybridized carbons (Fsp3) is 0.667. The van der Waals surface area contributed by atoms with Crippen molar-refractivity contribution in [2.45, 2.75) is 45.4 Å². The van der Waals surface area contributed by atoms with Crippen molar-refractivity contribution in [1.29, 1.82) is 0 Å². The van der Waals surface area contributed by atoms with Crippen LogP contribution in [0.4, 0.5) is 0 Å². The van der Waals surface area contributed by atoms with Crippen LogP contribution in [0.15, 0.2) is 24.6 Å². The molecule has 0 amide bonds. The molecule has 0 radical (unpaired) electrons. The Morgan fingerprint density at radius 1 is 0.857 bits per heavy atom. The Morgan fingerprint density at radius 2 is 1.43 bits per heavy atom. The summed E-state index contributed by atoms with van der Waals surface area (Å²) in [5, 5.41) is 0. The van der Waals surface area contributed by atoms with Gasteiger partial charge in [0.15, 0.2) is 0 Å². The molecule has 1 aliphatic heterocycles. The third kappa shape index (κ3) is 5.92. The first-order valence-corrected chi connectivity index (χ1v) is 5.64. The Hall–Kier alpha value is -0.630. The highest BCUT2D eigenvalue weighted by atomic mass is 19.0. The number of rotatable bonds is 7. The molecule has 0 fully saturated rings. The van der Waals surface area contributed by atoms with E-state index in [4.69, 9.17) is 0 Å². The van der Waals surface area contributed by atoms with Gasteiger partial charge < -0.3 is 4.70 Å². The molecule has 0 aromatic rings. The van der Waals surface area contributed by atoms with Gasteiger partial charge in [0, 0.05) is 0 Å². The number of nitrogens with one attached hydrogen (secondary N) is 1. The minimum atomic E-state index is 0. The average molecular weight is 199 g/mol. The molecule has 0 unspecified atom stereocenters. The van der Waals surface area contributed by atoms with Crippen molar-refractivity contribution in [2.24, 2.45) is 0 Å². The summed E-state index contributed by atoms with van der Waals surface area (Å²) in [4.78, 5) is 1.51. The van der Waals surface area contributed by atoms with Crippen molar-refractivity contribution in [1.82, 2.24) is 0 Å². The highest BCUT2D eigenvalue weighted by Crippen LogP contribution is 2.03. The molecule has 1 N–H and O–H groups in total. The van der Waals surface area contributed by atoms with E-state index in [1.165, 1.54) is 50.0 Å². The van der Waals surface area contributed by atoms with Gasteiger partial charge in [-0.3, -0.25) is 4.90 Å². The summed E-state index contributed by atoms with van der Waals surface area (Å²) in [5.41, 5.74) is 0. The summed E-state index contributed by atoms with van der Waals surface area (Å²) < 4.78 is 0. The molecule has 0 spiro atoms. The summed E-state index contributed by atoms with van der Waals surface area (Å²) in [6, 6.07) is 0. The fourth-order valence-corrected chi connectivity index (χ4v) is 1.69. The second-order valence-corrected chi connectivity index (χ2v) is 3.81. The van der Waals surface area contributed by atoms with E-state index in [1.54, 1.807) is 0 Å². The van der Waals surface area contributed by atoms with E-state index in [9.17, 15) is 0 Å². The molecule has 82 valence electrons. The van der Waals surface area contributed by atoms with Gasteiger partial charge in [-0.1, -0.05) is 32.6 Å². The van der Waals surface area contributed by atoms with E-state index in [0.29, 0.717) is 0 Å². The summed E-state index contributed by atoms with van der Waals surface area (Å²) in [7, 11) is 0. The van der Waals surface area contributed by atoms with Crippen molar-refractivity contribution in [3.05, 3.63) is 24.6 Å². The molecular formula is C12H22FN. The van der Waals surface area contributed by atoms with Crippen LogP contribution in [0.5, 0.6) is 0 Å². The molecule has 1 heterocycles. The van der Waals surface area contributed by atoms with Crippen molar-refractivity contribution in [2.75, 3.05) is 6.54 Å². The van der Waals surface area contributed by atoms with Crippen molar-refractivity contribution in [3.63, 3.8) is 0 Å². The molecule has 0 saturated carbocycles. The van der Waals surface area contributed by atoms with Gasteiger partial charge >= 0.3 is 0 Å². The van der Waals surface area contributed by atoms with Crippen LogP contribution in [0.1, 0.15) is 45.4 Å². The monoisotopic (exact) mass is 199 g/mol. The lowest BCUT2D eigenvalue weighted by Crippen LogP contribution is -3.01. The normalized spacial score (nSPS) is 14.6. The third-order valence-corrected chi connectivity index (χ3v) is 2.55. The minimum Gasteiger partial charge on any atom is -1.00 e. The van der Waals surface area contributed by atoms with Crippen molar-refractivity contribution < 1.29 is 9.60 Å². The number of hydrogen-bond donors (Lipinski definition) is 1. The van der Waals surface area contributed by atoms with Crippen LogP contribution < -0.4 is 9.60 Å². The maximum absolute atomic E-state index is 2.27. The topological polar surface area (TPSA) is 4.44 Å². The van der Waals surface area contributed by atoms with Gasteiger partial charge in [-0.25, -0.2) is 0 Å². The highest BCUT2D eigenvalue weighted by molar-refractivity contribution is 5.00. The maximum atomic E-state index is 2.27. The Balaban J connectivity index is 0.00000169. The lowest BCUT2D eigenvalue weighted by Gasteiger charge is -2.05. The van der Waals surface area contributed by atoms with Crippen LogP contribution in [-0.4, -0.2) is 6.54 Å². The lowest BCUT2D eigenvalue weighted by atomic mass is 10.1. The van der Waals surface area contributed by atoms with Gasteiger partial charge in [0.1, 0.15) is 0 Å². The SMILES string of the molecule is CCCCCCCC[NH+]1C=CC=C1.[F-]. The Labute approximate surface area is 86.9 Å². The molecule has 1 nitrogen and oxygen atoms in total. The molecule has 0 saturated heterocycles. The number of allylic oxidation sites excluding steroid dienone is 2. The largest absolute Gasteiger partial charge is 1.00 e. The molecule has 0 aromatic carbocycles. The predicted octanol–water partition coefficient (Wildman–Crippen LogP) is -0.723. The number of halogens is 1. The van der Waals surface area contributed by atoms with Crippen LogP contribution in [0.3, 0.4) is 0 Å². The van der Waals surface area contributed by atoms with E-state index in [2.05, 4.69) is 31.5 Å². The number of unbranched alkanes of at least 4 members (excludes halogenated alkanes) is 5. The first-order valence-electron chi connectivity index (χ1n) is 5.64. The average Bonchev–Trinajstić information content (AvgIpc) is 2.63. The summed E-state index contributed by atoms with van der Waals surface area (Å²) >= 11 is 0.